The summed E-state index contributed by atoms with van der Waals surface area (Å²) in [5.74, 6) is 0.237. The second-order valence-corrected chi connectivity index (χ2v) is 6.88. The average Bonchev–Trinajstić information content (AvgIpc) is 3.07. The first-order valence-corrected chi connectivity index (χ1v) is 8.80. The zero-order valence-electron chi connectivity index (χ0n) is 13.7. The third-order valence-electron chi connectivity index (χ3n) is 3.94. The quantitative estimate of drug-likeness (QED) is 0.483. The molecule has 0 aliphatic heterocycles. The lowest BCUT2D eigenvalue weighted by molar-refractivity contribution is 0.474. The number of aryl methyl sites for hydroxylation is 1. The van der Waals surface area contributed by atoms with Gasteiger partial charge in [-0.05, 0) is 55.5 Å². The molecule has 0 unspecified atom stereocenters. The molecule has 0 aliphatic carbocycles. The summed E-state index contributed by atoms with van der Waals surface area (Å²) in [7, 11) is 0. The van der Waals surface area contributed by atoms with E-state index in [1.807, 2.05) is 61.5 Å². The second kappa shape index (κ2) is 6.49. The van der Waals surface area contributed by atoms with Gasteiger partial charge in [0.15, 0.2) is 0 Å². The van der Waals surface area contributed by atoms with Gasteiger partial charge in [-0.3, -0.25) is 4.99 Å². The number of phenols is 1. The minimum atomic E-state index is 0.237. The predicted octanol–water partition coefficient (Wildman–Crippen LogP) is 5.73. The Bertz CT molecular complexity index is 1030. The van der Waals surface area contributed by atoms with Gasteiger partial charge in [0.25, 0.3) is 0 Å². The number of thiazole rings is 1. The van der Waals surface area contributed by atoms with Crippen LogP contribution in [0.15, 0.2) is 71.7 Å². The molecular weight excluding hydrogens is 328 g/mol. The fourth-order valence-electron chi connectivity index (χ4n) is 2.61. The largest absolute Gasteiger partial charge is 0.507 e. The van der Waals surface area contributed by atoms with E-state index in [0.29, 0.717) is 0 Å². The number of rotatable bonds is 3. The van der Waals surface area contributed by atoms with Crippen molar-refractivity contribution in [2.75, 3.05) is 0 Å². The SMILES string of the molecule is Cc1ccc(O)c(C=Nc2ccc(-c3nc4ccccc4s3)cc2)c1. The van der Waals surface area contributed by atoms with Gasteiger partial charge >= 0.3 is 0 Å². The Hall–Kier alpha value is -2.98. The normalized spacial score (nSPS) is 11.4. The van der Waals surface area contributed by atoms with Gasteiger partial charge in [0.1, 0.15) is 10.8 Å². The van der Waals surface area contributed by atoms with Gasteiger partial charge in [0.05, 0.1) is 15.9 Å². The molecule has 0 spiro atoms. The Balaban J connectivity index is 1.59. The van der Waals surface area contributed by atoms with Gasteiger partial charge in [-0.1, -0.05) is 23.8 Å². The number of phenolic OH excluding ortho intramolecular Hbond substituents is 1. The molecule has 1 N–H and O–H groups in total. The van der Waals surface area contributed by atoms with Crippen molar-refractivity contribution < 1.29 is 5.11 Å². The third-order valence-corrected chi connectivity index (χ3v) is 5.03. The Kier molecular flexibility index (Phi) is 4.04. The highest BCUT2D eigenvalue weighted by Crippen LogP contribution is 2.31. The van der Waals surface area contributed by atoms with Crippen LogP contribution in [0.1, 0.15) is 11.1 Å². The number of hydrogen-bond acceptors (Lipinski definition) is 4. The molecule has 4 aromatic rings. The number of hydrogen-bond donors (Lipinski definition) is 1. The summed E-state index contributed by atoms with van der Waals surface area (Å²) < 4.78 is 1.19. The van der Waals surface area contributed by atoms with Crippen LogP contribution in [-0.2, 0) is 0 Å². The molecule has 4 rings (SSSR count). The van der Waals surface area contributed by atoms with E-state index in [-0.39, 0.29) is 5.75 Å². The fourth-order valence-corrected chi connectivity index (χ4v) is 3.58. The van der Waals surface area contributed by atoms with Crippen molar-refractivity contribution in [2.45, 2.75) is 6.92 Å². The van der Waals surface area contributed by atoms with E-state index in [4.69, 9.17) is 0 Å². The highest BCUT2D eigenvalue weighted by atomic mass is 32.1. The summed E-state index contributed by atoms with van der Waals surface area (Å²) in [6.45, 7) is 1.99. The molecule has 122 valence electrons. The second-order valence-electron chi connectivity index (χ2n) is 5.85. The van der Waals surface area contributed by atoms with Crippen molar-refractivity contribution in [2.24, 2.45) is 4.99 Å². The van der Waals surface area contributed by atoms with Crippen LogP contribution in [-0.4, -0.2) is 16.3 Å². The van der Waals surface area contributed by atoms with Crippen LogP contribution < -0.4 is 0 Å². The van der Waals surface area contributed by atoms with Crippen LogP contribution in [0.2, 0.25) is 0 Å². The van der Waals surface area contributed by atoms with E-state index in [1.54, 1.807) is 23.6 Å². The number of para-hydroxylation sites is 1. The molecule has 0 radical (unpaired) electrons. The van der Waals surface area contributed by atoms with Crippen LogP contribution in [0.25, 0.3) is 20.8 Å². The Morgan fingerprint density at radius 3 is 2.60 bits per heavy atom. The molecule has 1 heterocycles. The zero-order chi connectivity index (χ0) is 17.2. The van der Waals surface area contributed by atoms with Gasteiger partial charge in [-0.2, -0.15) is 0 Å². The lowest BCUT2D eigenvalue weighted by atomic mass is 10.1. The topological polar surface area (TPSA) is 45.5 Å². The van der Waals surface area contributed by atoms with Crippen molar-refractivity contribution >= 4 is 33.5 Å². The average molecular weight is 344 g/mol. The van der Waals surface area contributed by atoms with Crippen LogP contribution >= 0.6 is 11.3 Å². The first-order chi connectivity index (χ1) is 12.2. The maximum atomic E-state index is 9.88. The summed E-state index contributed by atoms with van der Waals surface area (Å²) in [6, 6.07) is 21.6. The molecule has 0 aliphatic rings. The summed E-state index contributed by atoms with van der Waals surface area (Å²) >= 11 is 1.69. The summed E-state index contributed by atoms with van der Waals surface area (Å²) in [6.07, 6.45) is 1.69. The number of fused-ring (bicyclic) bond motifs is 1. The first-order valence-electron chi connectivity index (χ1n) is 7.99. The van der Waals surface area contributed by atoms with E-state index in [1.165, 1.54) is 4.70 Å². The number of aromatic hydroxyl groups is 1. The molecule has 0 bridgehead atoms. The van der Waals surface area contributed by atoms with Crippen molar-refractivity contribution in [1.82, 2.24) is 4.98 Å². The molecule has 25 heavy (non-hydrogen) atoms. The van der Waals surface area contributed by atoms with Gasteiger partial charge in [-0.25, -0.2) is 4.98 Å². The molecule has 0 saturated carbocycles. The summed E-state index contributed by atoms with van der Waals surface area (Å²) in [5.41, 5.74) is 4.75. The number of aromatic nitrogens is 1. The van der Waals surface area contributed by atoms with E-state index in [2.05, 4.69) is 16.0 Å². The smallest absolute Gasteiger partial charge is 0.124 e. The molecule has 1 aromatic heterocycles. The van der Waals surface area contributed by atoms with Crippen LogP contribution in [0.4, 0.5) is 5.69 Å². The summed E-state index contributed by atoms with van der Waals surface area (Å²) in [5, 5.41) is 10.9. The number of benzene rings is 3. The highest BCUT2D eigenvalue weighted by Gasteiger charge is 2.05. The van der Waals surface area contributed by atoms with Crippen molar-refractivity contribution in [3.63, 3.8) is 0 Å². The standard InChI is InChI=1S/C21H16N2OS/c1-14-6-11-19(24)16(12-14)13-22-17-9-7-15(8-10-17)21-23-18-4-2-3-5-20(18)25-21/h2-13,24H,1H3. The third kappa shape index (κ3) is 3.30. The van der Waals surface area contributed by atoms with E-state index >= 15 is 0 Å². The van der Waals surface area contributed by atoms with Gasteiger partial charge in [0.2, 0.25) is 0 Å². The molecule has 0 fully saturated rings. The van der Waals surface area contributed by atoms with Gasteiger partial charge in [-0.15, -0.1) is 11.3 Å². The molecule has 0 amide bonds. The first kappa shape index (κ1) is 15.5. The van der Waals surface area contributed by atoms with Gasteiger partial charge in [0, 0.05) is 17.3 Å². The summed E-state index contributed by atoms with van der Waals surface area (Å²) in [4.78, 5) is 9.13. The van der Waals surface area contributed by atoms with Crippen LogP contribution in [0.5, 0.6) is 5.75 Å². The van der Waals surface area contributed by atoms with E-state index in [9.17, 15) is 5.11 Å². The van der Waals surface area contributed by atoms with Crippen LogP contribution in [0, 0.1) is 6.92 Å². The molecular formula is C21H16N2OS. The maximum Gasteiger partial charge on any atom is 0.124 e. The Morgan fingerprint density at radius 2 is 1.80 bits per heavy atom. The van der Waals surface area contributed by atoms with Crippen LogP contribution in [0.3, 0.4) is 0 Å². The van der Waals surface area contributed by atoms with Crippen molar-refractivity contribution in [3.8, 4) is 16.3 Å². The molecule has 4 heteroatoms. The van der Waals surface area contributed by atoms with Crippen molar-refractivity contribution in [3.05, 3.63) is 77.9 Å². The van der Waals surface area contributed by atoms with Crippen molar-refractivity contribution in [1.29, 1.82) is 0 Å². The van der Waals surface area contributed by atoms with Gasteiger partial charge < -0.3 is 5.11 Å². The lowest BCUT2D eigenvalue weighted by Crippen LogP contribution is -1.84. The zero-order valence-corrected chi connectivity index (χ0v) is 14.5. The molecule has 3 nitrogen and oxygen atoms in total. The minimum Gasteiger partial charge on any atom is -0.507 e. The van der Waals surface area contributed by atoms with E-state index in [0.717, 1.165) is 32.9 Å². The Labute approximate surface area is 150 Å². The van der Waals surface area contributed by atoms with E-state index < -0.39 is 0 Å². The number of aliphatic imine (C=N–C) groups is 1. The monoisotopic (exact) mass is 344 g/mol. The molecule has 0 atom stereocenters. The Morgan fingerprint density at radius 1 is 1.00 bits per heavy atom. The molecule has 0 saturated heterocycles. The predicted molar refractivity (Wildman–Crippen MR) is 105 cm³/mol. The minimum absolute atomic E-state index is 0.237. The lowest BCUT2D eigenvalue weighted by Gasteiger charge is -2.01. The highest BCUT2D eigenvalue weighted by molar-refractivity contribution is 7.21. The molecule has 3 aromatic carbocycles. The fraction of sp³-hybridized carbons (Fsp3) is 0.0476. The maximum absolute atomic E-state index is 9.88. The number of nitrogens with zero attached hydrogens (tertiary/aromatic N) is 2.